The van der Waals surface area contributed by atoms with Gasteiger partial charge < -0.3 is 13.7 Å². The number of rotatable bonds is 4. The molecule has 0 amide bonds. The molecule has 1 aromatic carbocycles. The summed E-state index contributed by atoms with van der Waals surface area (Å²) in [6, 6.07) is 5.74. The molecule has 2 aromatic heterocycles. The van der Waals surface area contributed by atoms with Crippen LogP contribution in [0.5, 0.6) is 5.75 Å². The van der Waals surface area contributed by atoms with Crippen molar-refractivity contribution in [3.8, 4) is 17.4 Å². The SMILES string of the molecule is CCCc1noc(-c2oc3cc(OC)ccc3c2C)n1. The number of benzene rings is 1. The fraction of sp³-hybridized carbons (Fsp3) is 0.333. The maximum absolute atomic E-state index is 5.84. The molecular formula is C15H16N2O3. The first-order valence-electron chi connectivity index (χ1n) is 6.63. The Morgan fingerprint density at radius 2 is 2.15 bits per heavy atom. The molecule has 0 saturated heterocycles. The number of furan rings is 1. The standard InChI is InChI=1S/C15H16N2O3/c1-4-5-13-16-15(20-17-13)14-9(2)11-7-6-10(18-3)8-12(11)19-14/h6-8H,4-5H2,1-3H3. The Morgan fingerprint density at radius 1 is 1.30 bits per heavy atom. The van der Waals surface area contributed by atoms with Gasteiger partial charge in [0.2, 0.25) is 0 Å². The van der Waals surface area contributed by atoms with Crippen molar-refractivity contribution < 1.29 is 13.7 Å². The largest absolute Gasteiger partial charge is 0.497 e. The number of hydrogen-bond acceptors (Lipinski definition) is 5. The van der Waals surface area contributed by atoms with Crippen LogP contribution in [0, 0.1) is 6.92 Å². The number of fused-ring (bicyclic) bond motifs is 1. The molecule has 0 aliphatic carbocycles. The minimum atomic E-state index is 0.432. The highest BCUT2D eigenvalue weighted by molar-refractivity contribution is 5.87. The second kappa shape index (κ2) is 5.00. The Kier molecular flexibility index (Phi) is 3.18. The van der Waals surface area contributed by atoms with Crippen LogP contribution in [0.3, 0.4) is 0 Å². The normalized spacial score (nSPS) is 11.2. The van der Waals surface area contributed by atoms with Gasteiger partial charge in [-0.15, -0.1) is 0 Å². The number of aromatic nitrogens is 2. The topological polar surface area (TPSA) is 61.3 Å². The molecule has 0 radical (unpaired) electrons. The van der Waals surface area contributed by atoms with E-state index in [1.54, 1.807) is 7.11 Å². The molecule has 3 aromatic rings. The number of aryl methyl sites for hydroxylation is 2. The van der Waals surface area contributed by atoms with E-state index in [0.29, 0.717) is 17.5 Å². The number of methoxy groups -OCH3 is 1. The van der Waals surface area contributed by atoms with Crippen LogP contribution in [0.25, 0.3) is 22.6 Å². The number of hydrogen-bond donors (Lipinski definition) is 0. The summed E-state index contributed by atoms with van der Waals surface area (Å²) >= 11 is 0. The van der Waals surface area contributed by atoms with Crippen molar-refractivity contribution in [3.63, 3.8) is 0 Å². The Morgan fingerprint density at radius 3 is 2.90 bits per heavy atom. The fourth-order valence-corrected chi connectivity index (χ4v) is 2.21. The van der Waals surface area contributed by atoms with Crippen LogP contribution in [-0.4, -0.2) is 17.3 Å². The smallest absolute Gasteiger partial charge is 0.293 e. The van der Waals surface area contributed by atoms with E-state index in [1.807, 2.05) is 25.1 Å². The fourth-order valence-electron chi connectivity index (χ4n) is 2.21. The van der Waals surface area contributed by atoms with Crippen molar-refractivity contribution in [2.45, 2.75) is 26.7 Å². The number of ether oxygens (including phenoxy) is 1. The predicted molar refractivity (Wildman–Crippen MR) is 74.8 cm³/mol. The van der Waals surface area contributed by atoms with Gasteiger partial charge in [0.05, 0.1) is 7.11 Å². The molecule has 5 nitrogen and oxygen atoms in total. The van der Waals surface area contributed by atoms with E-state index in [1.165, 1.54) is 0 Å². The van der Waals surface area contributed by atoms with E-state index in [9.17, 15) is 0 Å². The Balaban J connectivity index is 2.08. The maximum Gasteiger partial charge on any atom is 0.293 e. The Bertz CT molecular complexity index is 743. The molecule has 0 unspecified atom stereocenters. The summed E-state index contributed by atoms with van der Waals surface area (Å²) in [7, 11) is 1.63. The number of nitrogens with zero attached hydrogens (tertiary/aromatic N) is 2. The summed E-state index contributed by atoms with van der Waals surface area (Å²) in [5.74, 6) is 2.53. The van der Waals surface area contributed by atoms with Gasteiger partial charge in [0.1, 0.15) is 11.3 Å². The van der Waals surface area contributed by atoms with E-state index < -0.39 is 0 Å². The molecule has 0 bridgehead atoms. The van der Waals surface area contributed by atoms with Gasteiger partial charge in [0.25, 0.3) is 5.89 Å². The second-order valence-corrected chi connectivity index (χ2v) is 4.68. The molecule has 5 heteroatoms. The van der Waals surface area contributed by atoms with Crippen LogP contribution in [0.1, 0.15) is 24.7 Å². The highest BCUT2D eigenvalue weighted by atomic mass is 16.5. The van der Waals surface area contributed by atoms with Crippen LogP contribution in [0.2, 0.25) is 0 Å². The molecule has 2 heterocycles. The van der Waals surface area contributed by atoms with Crippen LogP contribution in [0.4, 0.5) is 0 Å². The van der Waals surface area contributed by atoms with Gasteiger partial charge in [-0.05, 0) is 25.5 Å². The lowest BCUT2D eigenvalue weighted by Crippen LogP contribution is -1.85. The molecule has 0 aliphatic heterocycles. The van der Waals surface area contributed by atoms with Gasteiger partial charge >= 0.3 is 0 Å². The minimum absolute atomic E-state index is 0.432. The van der Waals surface area contributed by atoms with Gasteiger partial charge in [0.15, 0.2) is 11.6 Å². The van der Waals surface area contributed by atoms with E-state index in [4.69, 9.17) is 13.7 Å². The van der Waals surface area contributed by atoms with Crippen LogP contribution >= 0.6 is 0 Å². The van der Waals surface area contributed by atoms with Crippen molar-refractivity contribution in [2.24, 2.45) is 0 Å². The average Bonchev–Trinajstić information content (AvgIpc) is 3.04. The molecule has 0 aliphatic rings. The zero-order chi connectivity index (χ0) is 14.1. The Labute approximate surface area is 116 Å². The first-order valence-corrected chi connectivity index (χ1v) is 6.63. The summed E-state index contributed by atoms with van der Waals surface area (Å²) in [4.78, 5) is 4.37. The quantitative estimate of drug-likeness (QED) is 0.723. The summed E-state index contributed by atoms with van der Waals surface area (Å²) in [5, 5.41) is 4.98. The van der Waals surface area contributed by atoms with Gasteiger partial charge in [-0.2, -0.15) is 4.98 Å². The van der Waals surface area contributed by atoms with Gasteiger partial charge in [-0.3, -0.25) is 0 Å². The Hall–Kier alpha value is -2.30. The molecule has 0 fully saturated rings. The summed E-state index contributed by atoms with van der Waals surface area (Å²) in [6.07, 6.45) is 1.78. The molecule has 104 valence electrons. The van der Waals surface area contributed by atoms with E-state index in [2.05, 4.69) is 17.1 Å². The van der Waals surface area contributed by atoms with E-state index >= 15 is 0 Å². The van der Waals surface area contributed by atoms with Crippen LogP contribution in [0.15, 0.2) is 27.1 Å². The zero-order valence-electron chi connectivity index (χ0n) is 11.8. The van der Waals surface area contributed by atoms with Crippen LogP contribution < -0.4 is 4.74 Å². The predicted octanol–water partition coefficient (Wildman–Crippen LogP) is 3.75. The lowest BCUT2D eigenvalue weighted by Gasteiger charge is -1.97. The second-order valence-electron chi connectivity index (χ2n) is 4.68. The highest BCUT2D eigenvalue weighted by Crippen LogP contribution is 2.33. The summed E-state index contributed by atoms with van der Waals surface area (Å²) in [6.45, 7) is 4.06. The minimum Gasteiger partial charge on any atom is -0.497 e. The van der Waals surface area contributed by atoms with Gasteiger partial charge in [-0.1, -0.05) is 12.1 Å². The average molecular weight is 272 g/mol. The lowest BCUT2D eigenvalue weighted by atomic mass is 10.1. The van der Waals surface area contributed by atoms with Crippen molar-refractivity contribution in [2.75, 3.05) is 7.11 Å². The summed E-state index contributed by atoms with van der Waals surface area (Å²) < 4.78 is 16.3. The van der Waals surface area contributed by atoms with Crippen molar-refractivity contribution in [1.29, 1.82) is 0 Å². The molecular weight excluding hydrogens is 256 g/mol. The van der Waals surface area contributed by atoms with E-state index in [-0.39, 0.29) is 0 Å². The highest BCUT2D eigenvalue weighted by Gasteiger charge is 2.18. The van der Waals surface area contributed by atoms with Crippen molar-refractivity contribution >= 4 is 11.0 Å². The lowest BCUT2D eigenvalue weighted by molar-refractivity contribution is 0.409. The molecule has 0 spiro atoms. The maximum atomic E-state index is 5.84. The third-order valence-corrected chi connectivity index (χ3v) is 3.28. The molecule has 20 heavy (non-hydrogen) atoms. The zero-order valence-corrected chi connectivity index (χ0v) is 11.8. The third kappa shape index (κ3) is 2.05. The first kappa shape index (κ1) is 12.7. The van der Waals surface area contributed by atoms with Crippen LogP contribution in [-0.2, 0) is 6.42 Å². The van der Waals surface area contributed by atoms with Crippen molar-refractivity contribution in [3.05, 3.63) is 29.6 Å². The van der Waals surface area contributed by atoms with E-state index in [0.717, 1.165) is 35.1 Å². The van der Waals surface area contributed by atoms with Gasteiger partial charge in [-0.25, -0.2) is 0 Å². The first-order chi connectivity index (χ1) is 9.72. The third-order valence-electron chi connectivity index (χ3n) is 3.28. The van der Waals surface area contributed by atoms with Crippen molar-refractivity contribution in [1.82, 2.24) is 10.1 Å². The van der Waals surface area contributed by atoms with Gasteiger partial charge in [0, 0.05) is 23.4 Å². The summed E-state index contributed by atoms with van der Waals surface area (Å²) in [5.41, 5.74) is 1.75. The molecule has 0 N–H and O–H groups in total. The molecule has 3 rings (SSSR count). The molecule has 0 atom stereocenters. The molecule has 0 saturated carbocycles. The monoisotopic (exact) mass is 272 g/mol.